The van der Waals surface area contributed by atoms with E-state index in [2.05, 4.69) is 10.3 Å². The van der Waals surface area contributed by atoms with Gasteiger partial charge >= 0.3 is 0 Å². The van der Waals surface area contributed by atoms with Gasteiger partial charge in [0.2, 0.25) is 5.91 Å². The van der Waals surface area contributed by atoms with Crippen molar-refractivity contribution in [1.29, 1.82) is 0 Å². The van der Waals surface area contributed by atoms with Crippen LogP contribution in [0.1, 0.15) is 11.3 Å². The second-order valence-electron chi connectivity index (χ2n) is 7.07. The maximum absolute atomic E-state index is 13.0. The van der Waals surface area contributed by atoms with Crippen molar-refractivity contribution in [3.63, 3.8) is 0 Å². The minimum absolute atomic E-state index is 0.137. The number of anilines is 1. The number of para-hydroxylation sites is 1. The van der Waals surface area contributed by atoms with E-state index >= 15 is 0 Å². The highest BCUT2D eigenvalue weighted by molar-refractivity contribution is 7.99. The number of nitrogens with one attached hydrogen (secondary N) is 1. The number of benzene rings is 1. The van der Waals surface area contributed by atoms with Gasteiger partial charge in [0.1, 0.15) is 5.69 Å². The highest BCUT2D eigenvalue weighted by Gasteiger charge is 2.29. The standard InChI is InChI=1S/C20H21N5O3S/c1-12-9-21-20-24(18(12)27)10-14(11-29-20)17(26)22-16-13(2)23(3)25(19(16)28)15-7-5-4-6-8-15/h4-9,14H,10-11H2,1-3H3,(H,22,26). The first kappa shape index (κ1) is 19.3. The van der Waals surface area contributed by atoms with Gasteiger partial charge in [0, 0.05) is 31.1 Å². The fourth-order valence-electron chi connectivity index (χ4n) is 3.40. The molecule has 0 saturated carbocycles. The summed E-state index contributed by atoms with van der Waals surface area (Å²) in [5.41, 5.74) is 1.75. The molecule has 1 unspecified atom stereocenters. The Kier molecular flexibility index (Phi) is 4.91. The highest BCUT2D eigenvalue weighted by Crippen LogP contribution is 2.26. The van der Waals surface area contributed by atoms with Crippen molar-refractivity contribution in [3.05, 3.63) is 68.5 Å². The van der Waals surface area contributed by atoms with Crippen LogP contribution in [0.4, 0.5) is 5.69 Å². The maximum Gasteiger partial charge on any atom is 0.295 e. The average molecular weight is 411 g/mol. The summed E-state index contributed by atoms with van der Waals surface area (Å²) < 4.78 is 4.78. The summed E-state index contributed by atoms with van der Waals surface area (Å²) in [5, 5.41) is 3.42. The molecule has 8 nitrogen and oxygen atoms in total. The Labute approximate surface area is 171 Å². The third-order valence-corrected chi connectivity index (χ3v) is 6.32. The number of hydrogen-bond acceptors (Lipinski definition) is 5. The largest absolute Gasteiger partial charge is 0.320 e. The molecular formula is C20H21N5O3S. The molecule has 1 atom stereocenters. The fourth-order valence-corrected chi connectivity index (χ4v) is 4.44. The number of amides is 1. The van der Waals surface area contributed by atoms with Crippen molar-refractivity contribution in [1.82, 2.24) is 18.9 Å². The topological polar surface area (TPSA) is 90.9 Å². The molecule has 0 bridgehead atoms. The number of aromatic nitrogens is 4. The van der Waals surface area contributed by atoms with Gasteiger partial charge in [0.05, 0.1) is 17.3 Å². The maximum atomic E-state index is 13.0. The second-order valence-corrected chi connectivity index (χ2v) is 8.06. The van der Waals surface area contributed by atoms with Gasteiger partial charge in [0.15, 0.2) is 5.16 Å². The number of nitrogens with zero attached hydrogens (tertiary/aromatic N) is 4. The molecule has 0 fully saturated rings. The van der Waals surface area contributed by atoms with Crippen molar-refractivity contribution in [2.24, 2.45) is 13.0 Å². The Morgan fingerprint density at radius 2 is 1.90 bits per heavy atom. The molecule has 9 heteroatoms. The summed E-state index contributed by atoms with van der Waals surface area (Å²) in [4.78, 5) is 42.5. The second kappa shape index (κ2) is 7.40. The zero-order chi connectivity index (χ0) is 20.7. The minimum atomic E-state index is -0.432. The lowest BCUT2D eigenvalue weighted by Crippen LogP contribution is -2.38. The number of carbonyl (C=O) groups is 1. The normalized spacial score (nSPS) is 15.8. The van der Waals surface area contributed by atoms with Gasteiger partial charge in [-0.05, 0) is 26.0 Å². The van der Waals surface area contributed by atoms with Gasteiger partial charge in [-0.1, -0.05) is 30.0 Å². The predicted octanol–water partition coefficient (Wildman–Crippen LogP) is 1.71. The summed E-state index contributed by atoms with van der Waals surface area (Å²) in [6.45, 7) is 3.75. The van der Waals surface area contributed by atoms with Crippen LogP contribution < -0.4 is 16.4 Å². The molecule has 1 amide bonds. The van der Waals surface area contributed by atoms with Crippen LogP contribution in [0.25, 0.3) is 5.69 Å². The smallest absolute Gasteiger partial charge is 0.295 e. The Bertz CT molecular complexity index is 1210. The SMILES string of the molecule is Cc1cnc2n(c1=O)CC(C(=O)Nc1c(C)n(C)n(-c3ccccc3)c1=O)CS2. The first-order valence-corrected chi connectivity index (χ1v) is 10.2. The fraction of sp³-hybridized carbons (Fsp3) is 0.300. The van der Waals surface area contributed by atoms with Crippen LogP contribution in [0.3, 0.4) is 0 Å². The van der Waals surface area contributed by atoms with E-state index in [1.54, 1.807) is 31.8 Å². The molecule has 2 aromatic heterocycles. The van der Waals surface area contributed by atoms with Gasteiger partial charge in [-0.15, -0.1) is 0 Å². The van der Waals surface area contributed by atoms with Crippen LogP contribution in [0.2, 0.25) is 0 Å². The van der Waals surface area contributed by atoms with Crippen molar-refractivity contribution in [2.45, 2.75) is 25.5 Å². The van der Waals surface area contributed by atoms with E-state index in [1.165, 1.54) is 21.0 Å². The molecule has 1 aliphatic rings. The number of carbonyl (C=O) groups excluding carboxylic acids is 1. The summed E-state index contributed by atoms with van der Waals surface area (Å²) in [7, 11) is 1.78. The Balaban J connectivity index is 1.62. The monoisotopic (exact) mass is 411 g/mol. The Hall–Kier alpha value is -3.07. The third kappa shape index (κ3) is 3.31. The van der Waals surface area contributed by atoms with Crippen molar-refractivity contribution in [2.75, 3.05) is 11.1 Å². The zero-order valence-electron chi connectivity index (χ0n) is 16.4. The van der Waals surface area contributed by atoms with E-state index in [1.807, 2.05) is 30.3 Å². The van der Waals surface area contributed by atoms with E-state index in [4.69, 9.17) is 0 Å². The van der Waals surface area contributed by atoms with Crippen LogP contribution in [0, 0.1) is 19.8 Å². The number of aryl methyl sites for hydroxylation is 1. The van der Waals surface area contributed by atoms with Crippen molar-refractivity contribution >= 4 is 23.4 Å². The van der Waals surface area contributed by atoms with Crippen molar-refractivity contribution < 1.29 is 4.79 Å². The Morgan fingerprint density at radius 3 is 2.62 bits per heavy atom. The molecule has 0 radical (unpaired) electrons. The molecule has 1 aliphatic heterocycles. The molecule has 0 spiro atoms. The summed E-state index contributed by atoms with van der Waals surface area (Å²) in [6, 6.07) is 9.26. The summed E-state index contributed by atoms with van der Waals surface area (Å²) in [5.74, 6) is -0.208. The number of rotatable bonds is 3. The van der Waals surface area contributed by atoms with Crippen LogP contribution in [-0.2, 0) is 18.4 Å². The number of thioether (sulfide) groups is 1. The lowest BCUT2D eigenvalue weighted by molar-refractivity contribution is -0.119. The van der Waals surface area contributed by atoms with E-state index in [-0.39, 0.29) is 29.3 Å². The lowest BCUT2D eigenvalue weighted by Gasteiger charge is -2.24. The van der Waals surface area contributed by atoms with Crippen LogP contribution in [0.15, 0.2) is 51.3 Å². The van der Waals surface area contributed by atoms with Gasteiger partial charge in [-0.25, -0.2) is 9.67 Å². The quantitative estimate of drug-likeness (QED) is 0.663. The average Bonchev–Trinajstić information content (AvgIpc) is 2.94. The number of fused-ring (bicyclic) bond motifs is 1. The molecule has 0 aliphatic carbocycles. The highest BCUT2D eigenvalue weighted by atomic mass is 32.2. The molecule has 0 saturated heterocycles. The molecule has 3 aromatic rings. The molecular weight excluding hydrogens is 390 g/mol. The van der Waals surface area contributed by atoms with Crippen LogP contribution >= 0.6 is 11.8 Å². The van der Waals surface area contributed by atoms with E-state index in [0.29, 0.717) is 22.2 Å². The summed E-state index contributed by atoms with van der Waals surface area (Å²) in [6.07, 6.45) is 1.56. The van der Waals surface area contributed by atoms with Gasteiger partial charge < -0.3 is 5.32 Å². The van der Waals surface area contributed by atoms with E-state index in [0.717, 1.165) is 5.69 Å². The molecule has 3 heterocycles. The van der Waals surface area contributed by atoms with Gasteiger partial charge in [-0.2, -0.15) is 0 Å². The first-order chi connectivity index (χ1) is 13.9. The lowest BCUT2D eigenvalue weighted by atomic mass is 10.1. The molecule has 1 aromatic carbocycles. The minimum Gasteiger partial charge on any atom is -0.320 e. The molecule has 4 rings (SSSR count). The molecule has 150 valence electrons. The van der Waals surface area contributed by atoms with Gasteiger partial charge in [0.25, 0.3) is 11.1 Å². The Morgan fingerprint density at radius 1 is 1.17 bits per heavy atom. The van der Waals surface area contributed by atoms with E-state index in [9.17, 15) is 14.4 Å². The van der Waals surface area contributed by atoms with Crippen LogP contribution in [0.5, 0.6) is 0 Å². The van der Waals surface area contributed by atoms with E-state index < -0.39 is 5.92 Å². The summed E-state index contributed by atoms with van der Waals surface area (Å²) >= 11 is 1.37. The predicted molar refractivity (Wildman–Crippen MR) is 112 cm³/mol. The third-order valence-electron chi connectivity index (χ3n) is 5.17. The first-order valence-electron chi connectivity index (χ1n) is 9.22. The number of hydrogen-bond donors (Lipinski definition) is 1. The zero-order valence-corrected chi connectivity index (χ0v) is 17.2. The molecule has 1 N–H and O–H groups in total. The van der Waals surface area contributed by atoms with Gasteiger partial charge in [-0.3, -0.25) is 23.6 Å². The van der Waals surface area contributed by atoms with Crippen molar-refractivity contribution in [3.8, 4) is 5.69 Å². The molecule has 29 heavy (non-hydrogen) atoms. The van der Waals surface area contributed by atoms with Crippen LogP contribution in [-0.4, -0.2) is 30.6 Å².